The molecule has 0 radical (unpaired) electrons. The minimum atomic E-state index is -0.161. The van der Waals surface area contributed by atoms with Gasteiger partial charge in [-0.25, -0.2) is 0 Å². The van der Waals surface area contributed by atoms with Gasteiger partial charge in [-0.2, -0.15) is 0 Å². The number of carbonyl (C=O) groups excluding carboxylic acids is 1. The summed E-state index contributed by atoms with van der Waals surface area (Å²) in [6, 6.07) is 8.06. The van der Waals surface area contributed by atoms with Gasteiger partial charge in [-0.05, 0) is 105 Å². The molecule has 4 aliphatic rings. The van der Waals surface area contributed by atoms with E-state index in [2.05, 4.69) is 25.2 Å². The van der Waals surface area contributed by atoms with Crippen molar-refractivity contribution in [3.05, 3.63) is 40.9 Å². The predicted octanol–water partition coefficient (Wildman–Crippen LogP) is 6.26. The molecule has 3 fully saturated rings. The number of rotatable bonds is 3. The molecular formula is C27H36ClNO2. The molecule has 0 bridgehead atoms. The van der Waals surface area contributed by atoms with Crippen LogP contribution < -0.4 is 5.32 Å². The molecule has 4 heteroatoms. The summed E-state index contributed by atoms with van der Waals surface area (Å²) < 4.78 is 0. The van der Waals surface area contributed by atoms with Crippen molar-refractivity contribution >= 4 is 23.1 Å². The highest BCUT2D eigenvalue weighted by atomic mass is 35.5. The maximum absolute atomic E-state index is 12.9. The fourth-order valence-corrected chi connectivity index (χ4v) is 8.46. The van der Waals surface area contributed by atoms with E-state index in [4.69, 9.17) is 11.6 Å². The fraction of sp³-hybridized carbons (Fsp3) is 0.667. The summed E-state index contributed by atoms with van der Waals surface area (Å²) in [4.78, 5) is 12.9. The molecule has 31 heavy (non-hydrogen) atoms. The largest absolute Gasteiger partial charge is 0.393 e. The van der Waals surface area contributed by atoms with Gasteiger partial charge in [0.1, 0.15) is 5.78 Å². The SMILES string of the molecule is CC(=O)[C@H]1[C@H](Nc2ccc(Cl)cc2)C[C@H]2[C@@H]3CC=C4C[C@@H](O)CC[C@]4(C)[C@H]3CC[C@@]21C. The Morgan fingerprint density at radius 1 is 1.13 bits per heavy atom. The van der Waals surface area contributed by atoms with Crippen LogP contribution in [-0.4, -0.2) is 23.0 Å². The molecule has 2 N–H and O–H groups in total. The van der Waals surface area contributed by atoms with Crippen molar-refractivity contribution in [1.82, 2.24) is 0 Å². The van der Waals surface area contributed by atoms with E-state index >= 15 is 0 Å². The third kappa shape index (κ3) is 3.38. The molecule has 8 atom stereocenters. The lowest BCUT2D eigenvalue weighted by atomic mass is 9.47. The van der Waals surface area contributed by atoms with Crippen molar-refractivity contribution in [2.24, 2.45) is 34.5 Å². The van der Waals surface area contributed by atoms with Crippen LogP contribution in [0.5, 0.6) is 0 Å². The van der Waals surface area contributed by atoms with Crippen LogP contribution in [0.4, 0.5) is 5.69 Å². The molecule has 0 aromatic heterocycles. The molecule has 0 heterocycles. The van der Waals surface area contributed by atoms with Gasteiger partial charge in [0.15, 0.2) is 0 Å². The number of anilines is 1. The highest BCUT2D eigenvalue weighted by molar-refractivity contribution is 6.30. The van der Waals surface area contributed by atoms with E-state index in [0.717, 1.165) is 49.2 Å². The van der Waals surface area contributed by atoms with Crippen LogP contribution in [0.25, 0.3) is 0 Å². The van der Waals surface area contributed by atoms with Gasteiger partial charge in [-0.1, -0.05) is 37.1 Å². The Morgan fingerprint density at radius 3 is 2.58 bits per heavy atom. The van der Waals surface area contributed by atoms with E-state index in [-0.39, 0.29) is 28.9 Å². The second-order valence-electron chi connectivity index (χ2n) is 11.3. The van der Waals surface area contributed by atoms with Crippen molar-refractivity contribution in [3.63, 3.8) is 0 Å². The van der Waals surface area contributed by atoms with Crippen molar-refractivity contribution in [2.75, 3.05) is 5.32 Å². The Hall–Kier alpha value is -1.32. The third-order valence-corrected chi connectivity index (χ3v) is 10.0. The zero-order chi connectivity index (χ0) is 22.0. The van der Waals surface area contributed by atoms with E-state index in [1.807, 2.05) is 24.3 Å². The summed E-state index contributed by atoms with van der Waals surface area (Å²) in [6.07, 6.45) is 9.71. The number of ketones is 1. The molecule has 5 rings (SSSR count). The predicted molar refractivity (Wildman–Crippen MR) is 126 cm³/mol. The molecule has 0 amide bonds. The smallest absolute Gasteiger partial charge is 0.135 e. The van der Waals surface area contributed by atoms with Crippen LogP contribution in [0.1, 0.15) is 65.7 Å². The number of Topliss-reactive ketones (excluding diaryl/α,β-unsaturated/α-hetero) is 1. The lowest BCUT2D eigenvalue weighted by Crippen LogP contribution is -2.51. The Bertz CT molecular complexity index is 895. The number of benzene rings is 1. The number of aliphatic hydroxyl groups excluding tert-OH is 1. The Kier molecular flexibility index (Phi) is 5.29. The van der Waals surface area contributed by atoms with Gasteiger partial charge in [0, 0.05) is 22.7 Å². The lowest BCUT2D eigenvalue weighted by molar-refractivity contribution is -0.127. The van der Waals surface area contributed by atoms with Crippen LogP contribution in [0.2, 0.25) is 5.02 Å². The second kappa shape index (κ2) is 7.63. The van der Waals surface area contributed by atoms with Gasteiger partial charge in [0.2, 0.25) is 0 Å². The number of halogens is 1. The van der Waals surface area contributed by atoms with Crippen LogP contribution in [0.3, 0.4) is 0 Å². The van der Waals surface area contributed by atoms with E-state index in [1.54, 1.807) is 6.92 Å². The number of allylic oxidation sites excluding steroid dienone is 1. The van der Waals surface area contributed by atoms with Crippen LogP contribution in [0.15, 0.2) is 35.9 Å². The lowest BCUT2D eigenvalue weighted by Gasteiger charge is -2.57. The maximum atomic E-state index is 12.9. The number of carbonyl (C=O) groups is 1. The normalized spacial score (nSPS) is 44.0. The maximum Gasteiger partial charge on any atom is 0.135 e. The van der Waals surface area contributed by atoms with E-state index in [9.17, 15) is 9.90 Å². The molecule has 0 unspecified atom stereocenters. The van der Waals surface area contributed by atoms with Crippen LogP contribution in [-0.2, 0) is 4.79 Å². The Labute approximate surface area is 191 Å². The average Bonchev–Trinajstić information content (AvgIpc) is 3.02. The second-order valence-corrected chi connectivity index (χ2v) is 11.7. The van der Waals surface area contributed by atoms with Gasteiger partial charge in [0.05, 0.1) is 6.10 Å². The first-order valence-electron chi connectivity index (χ1n) is 12.1. The summed E-state index contributed by atoms with van der Waals surface area (Å²) in [5.74, 6) is 2.27. The summed E-state index contributed by atoms with van der Waals surface area (Å²) in [5, 5.41) is 14.7. The number of aliphatic hydroxyl groups is 1. The summed E-state index contributed by atoms with van der Waals surface area (Å²) in [5.41, 5.74) is 2.86. The topological polar surface area (TPSA) is 49.3 Å². The standard InChI is InChI=1S/C27H36ClNO2/c1-16(30)25-24(29-19-7-5-18(28)6-8-19)15-23-21-9-4-17-14-20(31)10-12-26(17,2)22(21)11-13-27(23,25)3/h4-8,20-25,29,31H,9-15H2,1-3H3/t20-,21+,22-,23-,24+,25-,26-,27-/m0/s1. The molecule has 0 aliphatic heterocycles. The number of fused-ring (bicyclic) bond motifs is 5. The number of hydrogen-bond donors (Lipinski definition) is 2. The van der Waals surface area contributed by atoms with Crippen molar-refractivity contribution in [2.45, 2.75) is 77.9 Å². The molecule has 3 saturated carbocycles. The fourth-order valence-electron chi connectivity index (χ4n) is 8.34. The molecule has 168 valence electrons. The van der Waals surface area contributed by atoms with Gasteiger partial charge in [0.25, 0.3) is 0 Å². The summed E-state index contributed by atoms with van der Waals surface area (Å²) in [7, 11) is 0. The number of nitrogens with one attached hydrogen (secondary N) is 1. The molecule has 1 aromatic carbocycles. The number of hydrogen-bond acceptors (Lipinski definition) is 3. The highest BCUT2D eigenvalue weighted by Crippen LogP contribution is 2.66. The molecular weight excluding hydrogens is 406 g/mol. The van der Waals surface area contributed by atoms with Gasteiger partial charge in [-0.3, -0.25) is 4.79 Å². The molecule has 4 aliphatic carbocycles. The van der Waals surface area contributed by atoms with Gasteiger partial charge in [-0.15, -0.1) is 0 Å². The Morgan fingerprint density at radius 2 is 1.87 bits per heavy atom. The first-order chi connectivity index (χ1) is 14.7. The van der Waals surface area contributed by atoms with Crippen molar-refractivity contribution in [1.29, 1.82) is 0 Å². The minimum absolute atomic E-state index is 0.0560. The third-order valence-electron chi connectivity index (χ3n) is 9.77. The van der Waals surface area contributed by atoms with Gasteiger partial charge >= 0.3 is 0 Å². The molecule has 0 spiro atoms. The molecule has 3 nitrogen and oxygen atoms in total. The van der Waals surface area contributed by atoms with Crippen molar-refractivity contribution in [3.8, 4) is 0 Å². The first kappa shape index (κ1) is 21.5. The van der Waals surface area contributed by atoms with E-state index in [0.29, 0.717) is 23.5 Å². The molecule has 0 saturated heterocycles. The summed E-state index contributed by atoms with van der Waals surface area (Å²) in [6.45, 7) is 6.66. The van der Waals surface area contributed by atoms with E-state index < -0.39 is 0 Å². The molecule has 1 aromatic rings. The van der Waals surface area contributed by atoms with Gasteiger partial charge < -0.3 is 10.4 Å². The quantitative estimate of drug-likeness (QED) is 0.544. The Balaban J connectivity index is 1.45. The first-order valence-corrected chi connectivity index (χ1v) is 12.5. The zero-order valence-electron chi connectivity index (χ0n) is 19.0. The summed E-state index contributed by atoms with van der Waals surface area (Å²) >= 11 is 6.08. The van der Waals surface area contributed by atoms with Crippen molar-refractivity contribution < 1.29 is 9.90 Å². The average molecular weight is 442 g/mol. The minimum Gasteiger partial charge on any atom is -0.393 e. The zero-order valence-corrected chi connectivity index (χ0v) is 19.8. The monoisotopic (exact) mass is 441 g/mol. The van der Waals surface area contributed by atoms with E-state index in [1.165, 1.54) is 12.0 Å². The highest BCUT2D eigenvalue weighted by Gasteiger charge is 2.62. The van der Waals surface area contributed by atoms with Crippen LogP contribution >= 0.6 is 11.6 Å². The van der Waals surface area contributed by atoms with Crippen LogP contribution in [0, 0.1) is 34.5 Å².